The Hall–Kier alpha value is -2.13. The summed E-state index contributed by atoms with van der Waals surface area (Å²) in [7, 11) is 0. The highest BCUT2D eigenvalue weighted by Gasteiger charge is 2.11. The van der Waals surface area contributed by atoms with E-state index in [2.05, 4.69) is 47.7 Å². The summed E-state index contributed by atoms with van der Waals surface area (Å²) in [5.41, 5.74) is 11.6. The molecule has 3 rings (SSSR count). The predicted octanol–water partition coefficient (Wildman–Crippen LogP) is 3.10. The number of hydrogen-bond acceptors (Lipinski definition) is 2. The molecule has 0 saturated heterocycles. The Morgan fingerprint density at radius 1 is 1.05 bits per heavy atom. The summed E-state index contributed by atoms with van der Waals surface area (Å²) in [6.45, 7) is 4.68. The van der Waals surface area contributed by atoms with Crippen molar-refractivity contribution >= 4 is 11.0 Å². The van der Waals surface area contributed by atoms with Crippen molar-refractivity contribution in [1.82, 2.24) is 9.55 Å². The molecule has 0 radical (unpaired) electrons. The van der Waals surface area contributed by atoms with Crippen LogP contribution in [0.1, 0.15) is 17.0 Å². The fourth-order valence-corrected chi connectivity index (χ4v) is 2.37. The highest BCUT2D eigenvalue weighted by molar-refractivity contribution is 5.78. The maximum Gasteiger partial charge on any atom is 0.128 e. The van der Waals surface area contributed by atoms with E-state index in [4.69, 9.17) is 5.73 Å². The van der Waals surface area contributed by atoms with Gasteiger partial charge in [-0.2, -0.15) is 0 Å². The van der Waals surface area contributed by atoms with Gasteiger partial charge in [-0.3, -0.25) is 4.57 Å². The molecule has 0 aliphatic heterocycles. The third-order valence-corrected chi connectivity index (χ3v) is 3.56. The smallest absolute Gasteiger partial charge is 0.128 e. The molecule has 2 aromatic carbocycles. The first-order chi connectivity index (χ1) is 9.20. The Bertz CT molecular complexity index is 741. The van der Waals surface area contributed by atoms with Crippen molar-refractivity contribution in [3.8, 4) is 5.69 Å². The molecular weight excluding hydrogens is 234 g/mol. The molecule has 96 valence electrons. The molecule has 0 bridgehead atoms. The van der Waals surface area contributed by atoms with E-state index in [-0.39, 0.29) is 0 Å². The molecule has 0 fully saturated rings. The van der Waals surface area contributed by atoms with Crippen LogP contribution in [0.4, 0.5) is 0 Å². The first-order valence-electron chi connectivity index (χ1n) is 6.45. The number of para-hydroxylation sites is 2. The van der Waals surface area contributed by atoms with Crippen LogP contribution < -0.4 is 5.73 Å². The summed E-state index contributed by atoms with van der Waals surface area (Å²) in [5, 5.41) is 0. The van der Waals surface area contributed by atoms with Crippen LogP contribution in [0.25, 0.3) is 16.7 Å². The molecule has 3 aromatic rings. The van der Waals surface area contributed by atoms with Crippen LogP contribution in [0, 0.1) is 13.8 Å². The van der Waals surface area contributed by atoms with Crippen molar-refractivity contribution in [3.63, 3.8) is 0 Å². The summed E-state index contributed by atoms with van der Waals surface area (Å²) >= 11 is 0. The molecule has 3 nitrogen and oxygen atoms in total. The predicted molar refractivity (Wildman–Crippen MR) is 78.4 cm³/mol. The van der Waals surface area contributed by atoms with Crippen LogP contribution in [0.15, 0.2) is 42.5 Å². The van der Waals surface area contributed by atoms with Crippen LogP contribution in [-0.2, 0) is 6.54 Å². The monoisotopic (exact) mass is 251 g/mol. The topological polar surface area (TPSA) is 43.8 Å². The highest BCUT2D eigenvalue weighted by atomic mass is 15.1. The fourth-order valence-electron chi connectivity index (χ4n) is 2.37. The summed E-state index contributed by atoms with van der Waals surface area (Å²) in [4.78, 5) is 4.60. The molecule has 0 spiro atoms. The van der Waals surface area contributed by atoms with E-state index in [1.54, 1.807) is 0 Å². The minimum Gasteiger partial charge on any atom is -0.324 e. The third kappa shape index (κ3) is 1.92. The zero-order valence-electron chi connectivity index (χ0n) is 11.2. The Morgan fingerprint density at radius 3 is 2.58 bits per heavy atom. The van der Waals surface area contributed by atoms with Gasteiger partial charge in [0.25, 0.3) is 0 Å². The van der Waals surface area contributed by atoms with E-state index < -0.39 is 0 Å². The van der Waals surface area contributed by atoms with Gasteiger partial charge in [0.2, 0.25) is 0 Å². The van der Waals surface area contributed by atoms with Gasteiger partial charge >= 0.3 is 0 Å². The van der Waals surface area contributed by atoms with Crippen molar-refractivity contribution in [1.29, 1.82) is 0 Å². The molecule has 0 aliphatic carbocycles. The van der Waals surface area contributed by atoms with Gasteiger partial charge in [-0.15, -0.1) is 0 Å². The molecule has 19 heavy (non-hydrogen) atoms. The SMILES string of the molecule is Cc1ccc(-n2c(CN)nc3ccccc32)cc1C. The number of hydrogen-bond donors (Lipinski definition) is 1. The number of nitrogens with two attached hydrogens (primary N) is 1. The molecule has 0 aliphatic rings. The average molecular weight is 251 g/mol. The Kier molecular flexibility index (Phi) is 2.84. The number of imidazole rings is 1. The number of fused-ring (bicyclic) bond motifs is 1. The molecular formula is C16H17N3. The lowest BCUT2D eigenvalue weighted by molar-refractivity contribution is 0.881. The van der Waals surface area contributed by atoms with Gasteiger partial charge in [-0.25, -0.2) is 4.98 Å². The largest absolute Gasteiger partial charge is 0.324 e. The second-order valence-corrected chi connectivity index (χ2v) is 4.82. The van der Waals surface area contributed by atoms with Crippen molar-refractivity contribution in [3.05, 3.63) is 59.4 Å². The zero-order valence-corrected chi connectivity index (χ0v) is 11.2. The van der Waals surface area contributed by atoms with E-state index in [1.165, 1.54) is 11.1 Å². The minimum atomic E-state index is 0.432. The van der Waals surface area contributed by atoms with Crippen molar-refractivity contribution < 1.29 is 0 Å². The normalized spacial score (nSPS) is 11.1. The van der Waals surface area contributed by atoms with Gasteiger partial charge < -0.3 is 5.73 Å². The molecule has 0 saturated carbocycles. The van der Waals surface area contributed by atoms with E-state index in [0.29, 0.717) is 6.54 Å². The van der Waals surface area contributed by atoms with E-state index in [1.807, 2.05) is 18.2 Å². The first kappa shape index (κ1) is 11.9. The van der Waals surface area contributed by atoms with Crippen molar-refractivity contribution in [2.45, 2.75) is 20.4 Å². The summed E-state index contributed by atoms with van der Waals surface area (Å²) in [6, 6.07) is 14.6. The quantitative estimate of drug-likeness (QED) is 0.760. The Morgan fingerprint density at radius 2 is 1.84 bits per heavy atom. The van der Waals surface area contributed by atoms with Gasteiger partial charge in [0.1, 0.15) is 5.82 Å². The first-order valence-corrected chi connectivity index (χ1v) is 6.45. The van der Waals surface area contributed by atoms with Crippen molar-refractivity contribution in [2.24, 2.45) is 5.73 Å². The standard InChI is InChI=1S/C16H17N3/c1-11-7-8-13(9-12(11)2)19-15-6-4-3-5-14(15)18-16(19)10-17/h3-9H,10,17H2,1-2H3. The molecule has 1 heterocycles. The fraction of sp³-hybridized carbons (Fsp3) is 0.188. The molecule has 0 amide bonds. The van der Waals surface area contributed by atoms with Crippen LogP contribution in [0.2, 0.25) is 0 Å². The van der Waals surface area contributed by atoms with Crippen LogP contribution in [-0.4, -0.2) is 9.55 Å². The van der Waals surface area contributed by atoms with E-state index in [0.717, 1.165) is 22.5 Å². The number of aryl methyl sites for hydroxylation is 2. The van der Waals surface area contributed by atoms with Crippen LogP contribution >= 0.6 is 0 Å². The minimum absolute atomic E-state index is 0.432. The number of rotatable bonds is 2. The van der Waals surface area contributed by atoms with Gasteiger partial charge in [0.15, 0.2) is 0 Å². The number of benzene rings is 2. The molecule has 3 heteroatoms. The Balaban J connectivity index is 2.31. The molecule has 0 unspecified atom stereocenters. The molecule has 0 atom stereocenters. The molecule has 1 aromatic heterocycles. The zero-order chi connectivity index (χ0) is 13.4. The molecule has 2 N–H and O–H groups in total. The van der Waals surface area contributed by atoms with Crippen LogP contribution in [0.5, 0.6) is 0 Å². The van der Waals surface area contributed by atoms with Crippen LogP contribution in [0.3, 0.4) is 0 Å². The lowest BCUT2D eigenvalue weighted by Crippen LogP contribution is -2.07. The van der Waals surface area contributed by atoms with E-state index in [9.17, 15) is 0 Å². The summed E-state index contributed by atoms with van der Waals surface area (Å²) in [6.07, 6.45) is 0. The summed E-state index contributed by atoms with van der Waals surface area (Å²) in [5.74, 6) is 0.893. The van der Waals surface area contributed by atoms with Gasteiger partial charge in [-0.1, -0.05) is 18.2 Å². The second kappa shape index (κ2) is 4.52. The van der Waals surface area contributed by atoms with Gasteiger partial charge in [0.05, 0.1) is 17.6 Å². The lowest BCUT2D eigenvalue weighted by atomic mass is 10.1. The average Bonchev–Trinajstić information content (AvgIpc) is 2.80. The van der Waals surface area contributed by atoms with Gasteiger partial charge in [0, 0.05) is 5.69 Å². The number of aromatic nitrogens is 2. The Labute approximate surface area is 112 Å². The number of nitrogens with zero attached hydrogens (tertiary/aromatic N) is 2. The highest BCUT2D eigenvalue weighted by Crippen LogP contribution is 2.22. The maximum absolute atomic E-state index is 5.84. The van der Waals surface area contributed by atoms with Crippen molar-refractivity contribution in [2.75, 3.05) is 0 Å². The lowest BCUT2D eigenvalue weighted by Gasteiger charge is -2.10. The van der Waals surface area contributed by atoms with Gasteiger partial charge in [-0.05, 0) is 49.2 Å². The van der Waals surface area contributed by atoms with E-state index >= 15 is 0 Å². The maximum atomic E-state index is 5.84. The second-order valence-electron chi connectivity index (χ2n) is 4.82. The summed E-state index contributed by atoms with van der Waals surface area (Å²) < 4.78 is 2.14. The third-order valence-electron chi connectivity index (χ3n) is 3.56.